The van der Waals surface area contributed by atoms with Gasteiger partial charge < -0.3 is 10.2 Å². The largest absolute Gasteiger partial charge is 0.381 e. The second-order valence-electron chi connectivity index (χ2n) is 4.83. The van der Waals surface area contributed by atoms with E-state index in [1.54, 1.807) is 13.0 Å². The van der Waals surface area contributed by atoms with Crippen molar-refractivity contribution >= 4 is 11.4 Å². The number of benzene rings is 2. The SMILES string of the molecule is Cc1c(F)cccc1NCc1ccc(N(C)C)cc1. The number of hydrogen-bond donors (Lipinski definition) is 1. The van der Waals surface area contributed by atoms with Crippen molar-refractivity contribution in [3.8, 4) is 0 Å². The molecule has 100 valence electrons. The van der Waals surface area contributed by atoms with Crippen LogP contribution in [0.25, 0.3) is 0 Å². The van der Waals surface area contributed by atoms with Crippen LogP contribution in [0, 0.1) is 12.7 Å². The summed E-state index contributed by atoms with van der Waals surface area (Å²) >= 11 is 0. The summed E-state index contributed by atoms with van der Waals surface area (Å²) in [6, 6.07) is 13.4. The zero-order valence-corrected chi connectivity index (χ0v) is 11.6. The predicted octanol–water partition coefficient (Wildman–Crippen LogP) is 3.81. The minimum atomic E-state index is -0.173. The predicted molar refractivity (Wildman–Crippen MR) is 79.2 cm³/mol. The molecule has 0 aliphatic carbocycles. The van der Waals surface area contributed by atoms with Crippen LogP contribution in [-0.2, 0) is 6.54 Å². The van der Waals surface area contributed by atoms with Gasteiger partial charge in [0.25, 0.3) is 0 Å². The van der Waals surface area contributed by atoms with Crippen molar-refractivity contribution in [2.24, 2.45) is 0 Å². The van der Waals surface area contributed by atoms with Gasteiger partial charge in [0.15, 0.2) is 0 Å². The van der Waals surface area contributed by atoms with Crippen molar-refractivity contribution in [3.05, 3.63) is 59.4 Å². The van der Waals surface area contributed by atoms with Crippen LogP contribution in [0.3, 0.4) is 0 Å². The van der Waals surface area contributed by atoms with Crippen molar-refractivity contribution in [1.29, 1.82) is 0 Å². The van der Waals surface area contributed by atoms with Gasteiger partial charge in [-0.1, -0.05) is 18.2 Å². The molecule has 0 bridgehead atoms. The van der Waals surface area contributed by atoms with Crippen LogP contribution in [-0.4, -0.2) is 14.1 Å². The average Bonchev–Trinajstić information content (AvgIpc) is 2.41. The molecule has 19 heavy (non-hydrogen) atoms. The fourth-order valence-corrected chi connectivity index (χ4v) is 1.91. The third-order valence-corrected chi connectivity index (χ3v) is 3.20. The lowest BCUT2D eigenvalue weighted by atomic mass is 10.1. The molecule has 2 aromatic carbocycles. The zero-order chi connectivity index (χ0) is 13.8. The summed E-state index contributed by atoms with van der Waals surface area (Å²) in [6.07, 6.45) is 0. The highest BCUT2D eigenvalue weighted by Crippen LogP contribution is 2.19. The fourth-order valence-electron chi connectivity index (χ4n) is 1.91. The molecule has 2 nitrogen and oxygen atoms in total. The molecule has 0 fully saturated rings. The van der Waals surface area contributed by atoms with E-state index in [0.29, 0.717) is 12.1 Å². The van der Waals surface area contributed by atoms with Gasteiger partial charge in [-0.05, 0) is 36.8 Å². The van der Waals surface area contributed by atoms with Crippen molar-refractivity contribution in [2.45, 2.75) is 13.5 Å². The molecule has 0 aliphatic heterocycles. The Morgan fingerprint density at radius 3 is 2.37 bits per heavy atom. The van der Waals surface area contributed by atoms with Crippen molar-refractivity contribution in [2.75, 3.05) is 24.3 Å². The maximum absolute atomic E-state index is 13.4. The van der Waals surface area contributed by atoms with Crippen LogP contribution in [0.1, 0.15) is 11.1 Å². The van der Waals surface area contributed by atoms with E-state index in [0.717, 1.165) is 5.69 Å². The summed E-state index contributed by atoms with van der Waals surface area (Å²) in [5.41, 5.74) is 3.85. The van der Waals surface area contributed by atoms with Gasteiger partial charge in [0.2, 0.25) is 0 Å². The number of nitrogens with zero attached hydrogens (tertiary/aromatic N) is 1. The van der Waals surface area contributed by atoms with E-state index in [9.17, 15) is 4.39 Å². The first-order valence-corrected chi connectivity index (χ1v) is 6.33. The molecule has 1 N–H and O–H groups in total. The molecule has 0 unspecified atom stereocenters. The Morgan fingerprint density at radius 2 is 1.74 bits per heavy atom. The van der Waals surface area contributed by atoms with Crippen LogP contribution >= 0.6 is 0 Å². The first-order chi connectivity index (χ1) is 9.08. The van der Waals surface area contributed by atoms with E-state index < -0.39 is 0 Å². The van der Waals surface area contributed by atoms with Crippen molar-refractivity contribution < 1.29 is 4.39 Å². The Hall–Kier alpha value is -2.03. The highest BCUT2D eigenvalue weighted by molar-refractivity contribution is 5.52. The number of nitrogens with one attached hydrogen (secondary N) is 1. The van der Waals surface area contributed by atoms with E-state index in [4.69, 9.17) is 0 Å². The van der Waals surface area contributed by atoms with Gasteiger partial charge in [0, 0.05) is 37.6 Å². The fraction of sp³-hybridized carbons (Fsp3) is 0.250. The molecular formula is C16H19FN2. The number of anilines is 2. The minimum Gasteiger partial charge on any atom is -0.381 e. The number of halogens is 1. The highest BCUT2D eigenvalue weighted by Gasteiger charge is 2.03. The lowest BCUT2D eigenvalue weighted by Gasteiger charge is -2.14. The highest BCUT2D eigenvalue weighted by atomic mass is 19.1. The molecule has 0 saturated carbocycles. The van der Waals surface area contributed by atoms with Gasteiger partial charge in [-0.3, -0.25) is 0 Å². The van der Waals surface area contributed by atoms with E-state index in [1.165, 1.54) is 17.3 Å². The smallest absolute Gasteiger partial charge is 0.128 e. The molecule has 2 aromatic rings. The second-order valence-corrected chi connectivity index (χ2v) is 4.83. The van der Waals surface area contributed by atoms with Gasteiger partial charge in [-0.25, -0.2) is 4.39 Å². The molecule has 0 atom stereocenters. The van der Waals surface area contributed by atoms with Crippen molar-refractivity contribution in [3.63, 3.8) is 0 Å². The van der Waals surface area contributed by atoms with Crippen LogP contribution in [0.4, 0.5) is 15.8 Å². The maximum atomic E-state index is 13.4. The van der Waals surface area contributed by atoms with E-state index in [2.05, 4.69) is 34.5 Å². The molecule has 0 amide bonds. The lowest BCUT2D eigenvalue weighted by Crippen LogP contribution is -2.08. The topological polar surface area (TPSA) is 15.3 Å². The Labute approximate surface area is 113 Å². The maximum Gasteiger partial charge on any atom is 0.128 e. The molecule has 2 rings (SSSR count). The first-order valence-electron chi connectivity index (χ1n) is 6.33. The van der Waals surface area contributed by atoms with Gasteiger partial charge in [-0.15, -0.1) is 0 Å². The Bertz CT molecular complexity index is 547. The van der Waals surface area contributed by atoms with Gasteiger partial charge in [0.1, 0.15) is 5.82 Å². The quantitative estimate of drug-likeness (QED) is 0.897. The third kappa shape index (κ3) is 3.25. The Balaban J connectivity index is 2.04. The molecule has 0 heterocycles. The number of rotatable bonds is 4. The minimum absolute atomic E-state index is 0.173. The third-order valence-electron chi connectivity index (χ3n) is 3.20. The van der Waals surface area contributed by atoms with Crippen molar-refractivity contribution in [1.82, 2.24) is 0 Å². The molecule has 0 spiro atoms. The molecular weight excluding hydrogens is 239 g/mol. The summed E-state index contributed by atoms with van der Waals surface area (Å²) in [6.45, 7) is 2.48. The number of hydrogen-bond acceptors (Lipinski definition) is 2. The molecule has 0 radical (unpaired) electrons. The van der Waals surface area contributed by atoms with E-state index in [1.807, 2.05) is 20.2 Å². The summed E-state index contributed by atoms with van der Waals surface area (Å²) < 4.78 is 13.4. The Kier molecular flexibility index (Phi) is 4.05. The summed E-state index contributed by atoms with van der Waals surface area (Å²) in [7, 11) is 4.03. The first kappa shape index (κ1) is 13.4. The van der Waals surface area contributed by atoms with Gasteiger partial charge >= 0.3 is 0 Å². The van der Waals surface area contributed by atoms with Crippen LogP contribution in [0.5, 0.6) is 0 Å². The average molecular weight is 258 g/mol. The van der Waals surface area contributed by atoms with Gasteiger partial charge in [-0.2, -0.15) is 0 Å². The molecule has 3 heteroatoms. The summed E-state index contributed by atoms with van der Waals surface area (Å²) in [4.78, 5) is 2.06. The van der Waals surface area contributed by atoms with Gasteiger partial charge in [0.05, 0.1) is 0 Å². The second kappa shape index (κ2) is 5.74. The summed E-state index contributed by atoms with van der Waals surface area (Å²) in [5.74, 6) is -0.173. The summed E-state index contributed by atoms with van der Waals surface area (Å²) in [5, 5.41) is 3.27. The molecule has 0 saturated heterocycles. The molecule has 0 aliphatic rings. The normalized spacial score (nSPS) is 10.3. The Morgan fingerprint density at radius 1 is 1.05 bits per heavy atom. The monoisotopic (exact) mass is 258 g/mol. The van der Waals surface area contributed by atoms with Crippen LogP contribution in [0.2, 0.25) is 0 Å². The van der Waals surface area contributed by atoms with E-state index in [-0.39, 0.29) is 5.82 Å². The lowest BCUT2D eigenvalue weighted by molar-refractivity contribution is 0.619. The standard InChI is InChI=1S/C16H19FN2/c1-12-15(17)5-4-6-16(12)18-11-13-7-9-14(10-8-13)19(2)3/h4-10,18H,11H2,1-3H3. The van der Waals surface area contributed by atoms with E-state index >= 15 is 0 Å². The van der Waals surface area contributed by atoms with Crippen LogP contribution in [0.15, 0.2) is 42.5 Å². The van der Waals surface area contributed by atoms with Crippen LogP contribution < -0.4 is 10.2 Å². The zero-order valence-electron chi connectivity index (χ0n) is 11.6. The molecule has 0 aromatic heterocycles.